The minimum atomic E-state index is -1.02. The van der Waals surface area contributed by atoms with Crippen molar-refractivity contribution in [1.82, 2.24) is 0 Å². The number of benzene rings is 2. The maximum atomic E-state index is 13.4. The summed E-state index contributed by atoms with van der Waals surface area (Å²) in [6, 6.07) is 9.21. The molecule has 0 unspecified atom stereocenters. The molecule has 2 rings (SSSR count). The first-order valence-electron chi connectivity index (χ1n) is 6.16. The molecule has 4 nitrogen and oxygen atoms in total. The number of anilines is 2. The fraction of sp³-hybridized carbons (Fsp3) is 0.133. The lowest BCUT2D eigenvalue weighted by atomic mass is 10.1. The Hall–Kier alpha value is -2.08. The van der Waals surface area contributed by atoms with Crippen molar-refractivity contribution >= 4 is 33.3 Å². The van der Waals surface area contributed by atoms with Crippen LogP contribution in [-0.4, -0.2) is 18.1 Å². The fourth-order valence-corrected chi connectivity index (χ4v) is 2.61. The van der Waals surface area contributed by atoms with E-state index < -0.39 is 5.97 Å². The molecule has 3 N–H and O–H groups in total. The van der Waals surface area contributed by atoms with E-state index in [1.165, 1.54) is 24.3 Å². The van der Waals surface area contributed by atoms with Gasteiger partial charge in [0.1, 0.15) is 5.82 Å². The number of nitrogens with two attached hydrogens (primary N) is 1. The molecule has 0 saturated carbocycles. The minimum absolute atomic E-state index is 0.137. The Bertz CT molecular complexity index is 671. The molecule has 0 bridgehead atoms. The normalized spacial score (nSPS) is 10.4. The van der Waals surface area contributed by atoms with E-state index >= 15 is 0 Å². The third-order valence-electron chi connectivity index (χ3n) is 3.03. The summed E-state index contributed by atoms with van der Waals surface area (Å²) >= 11 is 3.25. The number of aromatic carboxylic acids is 1. The van der Waals surface area contributed by atoms with Gasteiger partial charge in [-0.05, 0) is 42.0 Å². The van der Waals surface area contributed by atoms with E-state index in [-0.39, 0.29) is 11.4 Å². The van der Waals surface area contributed by atoms with Crippen molar-refractivity contribution in [2.24, 2.45) is 0 Å². The van der Waals surface area contributed by atoms with Crippen LogP contribution in [0.15, 0.2) is 40.9 Å². The lowest BCUT2D eigenvalue weighted by molar-refractivity contribution is 0.0697. The minimum Gasteiger partial charge on any atom is -0.478 e. The predicted octanol–water partition coefficient (Wildman–Crippen LogP) is 3.51. The summed E-state index contributed by atoms with van der Waals surface area (Å²) in [7, 11) is 1.81. The summed E-state index contributed by atoms with van der Waals surface area (Å²) in [5.41, 5.74) is 7.87. The zero-order valence-electron chi connectivity index (χ0n) is 11.3. The Labute approximate surface area is 130 Å². The second-order valence-corrected chi connectivity index (χ2v) is 5.63. The molecule has 0 saturated heterocycles. The van der Waals surface area contributed by atoms with Crippen LogP contribution < -0.4 is 10.6 Å². The van der Waals surface area contributed by atoms with Crippen LogP contribution in [0.3, 0.4) is 0 Å². The topological polar surface area (TPSA) is 66.6 Å². The molecule has 0 spiro atoms. The van der Waals surface area contributed by atoms with Crippen molar-refractivity contribution in [3.05, 3.63) is 57.8 Å². The van der Waals surface area contributed by atoms with E-state index in [2.05, 4.69) is 15.9 Å². The Morgan fingerprint density at radius 1 is 1.33 bits per heavy atom. The van der Waals surface area contributed by atoms with Crippen LogP contribution in [0.2, 0.25) is 0 Å². The smallest absolute Gasteiger partial charge is 0.335 e. The second kappa shape index (κ2) is 6.13. The van der Waals surface area contributed by atoms with Crippen molar-refractivity contribution in [3.63, 3.8) is 0 Å². The largest absolute Gasteiger partial charge is 0.478 e. The summed E-state index contributed by atoms with van der Waals surface area (Å²) in [5.74, 6) is -1.34. The molecular weight excluding hydrogens is 339 g/mol. The quantitative estimate of drug-likeness (QED) is 0.826. The SMILES string of the molecule is CN(Cc1cc(F)cc(Br)c1)c1ccc(C(=O)O)cc1N. The summed E-state index contributed by atoms with van der Waals surface area (Å²) in [4.78, 5) is 12.7. The molecule has 0 heterocycles. The van der Waals surface area contributed by atoms with E-state index in [4.69, 9.17) is 10.8 Å². The standard InChI is InChI=1S/C15H14BrFN2O2/c1-19(8-9-4-11(16)7-12(17)5-9)14-3-2-10(15(20)21)6-13(14)18/h2-7H,8,18H2,1H3,(H,20,21). The predicted molar refractivity (Wildman–Crippen MR) is 84.0 cm³/mol. The number of rotatable bonds is 4. The van der Waals surface area contributed by atoms with Crippen LogP contribution in [0.25, 0.3) is 0 Å². The molecule has 0 atom stereocenters. The Balaban J connectivity index is 2.24. The van der Waals surface area contributed by atoms with Crippen LogP contribution in [0.1, 0.15) is 15.9 Å². The van der Waals surface area contributed by atoms with Gasteiger partial charge in [-0.2, -0.15) is 0 Å². The van der Waals surface area contributed by atoms with E-state index in [0.29, 0.717) is 22.4 Å². The second-order valence-electron chi connectivity index (χ2n) is 4.71. The molecule has 0 amide bonds. The molecule has 0 aliphatic rings. The van der Waals surface area contributed by atoms with Gasteiger partial charge < -0.3 is 15.7 Å². The molecule has 0 aliphatic heterocycles. The number of nitrogens with zero attached hydrogens (tertiary/aromatic N) is 1. The van der Waals surface area contributed by atoms with Crippen molar-refractivity contribution in [2.45, 2.75) is 6.54 Å². The molecule has 110 valence electrons. The highest BCUT2D eigenvalue weighted by atomic mass is 79.9. The van der Waals surface area contributed by atoms with Gasteiger partial charge in [-0.25, -0.2) is 9.18 Å². The van der Waals surface area contributed by atoms with Crippen LogP contribution in [-0.2, 0) is 6.54 Å². The lowest BCUT2D eigenvalue weighted by Gasteiger charge is -2.21. The third kappa shape index (κ3) is 3.72. The van der Waals surface area contributed by atoms with E-state index in [1.807, 2.05) is 18.0 Å². The third-order valence-corrected chi connectivity index (χ3v) is 3.49. The number of carboxylic acids is 1. The Morgan fingerprint density at radius 3 is 2.62 bits per heavy atom. The van der Waals surface area contributed by atoms with Crippen molar-refractivity contribution < 1.29 is 14.3 Å². The molecule has 0 fully saturated rings. The first kappa shape index (κ1) is 15.3. The molecule has 2 aromatic rings. The number of hydrogen-bond donors (Lipinski definition) is 2. The number of halogens is 2. The van der Waals surface area contributed by atoms with Crippen molar-refractivity contribution in [1.29, 1.82) is 0 Å². The van der Waals surface area contributed by atoms with Gasteiger partial charge in [-0.15, -0.1) is 0 Å². The van der Waals surface area contributed by atoms with E-state index in [0.717, 1.165) is 5.56 Å². The molecule has 6 heteroatoms. The number of carboxylic acid groups (broad SMARTS) is 1. The van der Waals surface area contributed by atoms with Crippen LogP contribution in [0, 0.1) is 5.82 Å². The average molecular weight is 353 g/mol. The highest BCUT2D eigenvalue weighted by molar-refractivity contribution is 9.10. The highest BCUT2D eigenvalue weighted by Gasteiger charge is 2.10. The molecule has 0 radical (unpaired) electrons. The van der Waals surface area contributed by atoms with Gasteiger partial charge in [-0.3, -0.25) is 0 Å². The van der Waals surface area contributed by atoms with Gasteiger partial charge in [0, 0.05) is 18.1 Å². The van der Waals surface area contributed by atoms with Crippen LogP contribution in [0.4, 0.5) is 15.8 Å². The van der Waals surface area contributed by atoms with Gasteiger partial charge in [0.05, 0.1) is 16.9 Å². The Morgan fingerprint density at radius 2 is 2.05 bits per heavy atom. The number of nitrogen functional groups attached to an aromatic ring is 1. The fourth-order valence-electron chi connectivity index (χ4n) is 2.10. The molecule has 0 aliphatic carbocycles. The van der Waals surface area contributed by atoms with Gasteiger partial charge in [0.15, 0.2) is 0 Å². The summed E-state index contributed by atoms with van der Waals surface area (Å²) in [6.07, 6.45) is 0. The van der Waals surface area contributed by atoms with E-state index in [1.54, 1.807) is 6.07 Å². The van der Waals surface area contributed by atoms with Crippen LogP contribution in [0.5, 0.6) is 0 Å². The summed E-state index contributed by atoms with van der Waals surface area (Å²) in [5, 5.41) is 8.92. The van der Waals surface area contributed by atoms with Crippen molar-refractivity contribution in [2.75, 3.05) is 17.7 Å². The zero-order valence-corrected chi connectivity index (χ0v) is 12.9. The molecule has 0 aromatic heterocycles. The van der Waals surface area contributed by atoms with Gasteiger partial charge in [-0.1, -0.05) is 15.9 Å². The van der Waals surface area contributed by atoms with Gasteiger partial charge in [0.25, 0.3) is 0 Å². The zero-order chi connectivity index (χ0) is 15.6. The van der Waals surface area contributed by atoms with Gasteiger partial charge >= 0.3 is 5.97 Å². The van der Waals surface area contributed by atoms with E-state index in [9.17, 15) is 9.18 Å². The molecule has 21 heavy (non-hydrogen) atoms. The maximum Gasteiger partial charge on any atom is 0.335 e. The Kier molecular flexibility index (Phi) is 4.47. The highest BCUT2D eigenvalue weighted by Crippen LogP contribution is 2.25. The molecular formula is C15H14BrFN2O2. The molecule has 2 aromatic carbocycles. The first-order valence-corrected chi connectivity index (χ1v) is 6.95. The summed E-state index contributed by atoms with van der Waals surface area (Å²) in [6.45, 7) is 0.451. The van der Waals surface area contributed by atoms with Gasteiger partial charge in [0.2, 0.25) is 0 Å². The maximum absolute atomic E-state index is 13.4. The van der Waals surface area contributed by atoms with Crippen LogP contribution >= 0.6 is 15.9 Å². The number of carbonyl (C=O) groups is 1. The lowest BCUT2D eigenvalue weighted by Crippen LogP contribution is -2.18. The number of hydrogen-bond acceptors (Lipinski definition) is 3. The van der Waals surface area contributed by atoms with Crippen molar-refractivity contribution in [3.8, 4) is 0 Å². The first-order chi connectivity index (χ1) is 9.86. The monoisotopic (exact) mass is 352 g/mol. The summed E-state index contributed by atoms with van der Waals surface area (Å²) < 4.78 is 14.0. The average Bonchev–Trinajstić information content (AvgIpc) is 2.36.